The van der Waals surface area contributed by atoms with Crippen molar-refractivity contribution in [2.45, 2.75) is 23.6 Å². The third-order valence-electron chi connectivity index (χ3n) is 2.86. The van der Waals surface area contributed by atoms with Crippen molar-refractivity contribution in [2.24, 2.45) is 0 Å². The maximum atomic E-state index is 10.5. The van der Waals surface area contributed by atoms with Gasteiger partial charge in [0.2, 0.25) is 0 Å². The molecule has 0 aromatic heterocycles. The monoisotopic (exact) mass is 434 g/mol. The van der Waals surface area contributed by atoms with Gasteiger partial charge in [-0.05, 0) is 49.2 Å². The predicted octanol–water partition coefficient (Wildman–Crippen LogP) is 2.72. The Kier molecular flexibility index (Phi) is 9.37. The average Bonchev–Trinajstić information content (AvgIpc) is 2.43. The van der Waals surface area contributed by atoms with Crippen LogP contribution in [0, 0.1) is 13.8 Å². The Morgan fingerprint density at radius 2 is 1.00 bits per heavy atom. The molecule has 0 saturated carbocycles. The summed E-state index contributed by atoms with van der Waals surface area (Å²) in [7, 11) is -8.75. The molecule has 0 N–H and O–H groups in total. The Balaban J connectivity index is 0.000000443. The second-order valence-corrected chi connectivity index (χ2v) is 8.30. The predicted molar refractivity (Wildman–Crippen MR) is 94.1 cm³/mol. The fourth-order valence-electron chi connectivity index (χ4n) is 1.46. The fraction of sp³-hybridized carbons (Fsp3) is 0.143. The summed E-state index contributed by atoms with van der Waals surface area (Å²) in [5.74, 6) is 0. The molecule has 0 unspecified atom stereocenters. The van der Waals surface area contributed by atoms with Crippen molar-refractivity contribution in [1.82, 2.24) is 0 Å². The van der Waals surface area contributed by atoms with Crippen LogP contribution in [-0.4, -0.2) is 49.0 Å². The van der Waals surface area contributed by atoms with Crippen molar-refractivity contribution in [3.8, 4) is 0 Å². The quantitative estimate of drug-likeness (QED) is 0.529. The Morgan fingerprint density at radius 3 is 1.20 bits per heavy atom. The standard InChI is InChI=1S/2C7H7ClO3S.Mg/c2*1-5-2-3-6(4-7(5)8)12(9,10)11;/h2*2-4H,1H3,(H,9,10,11);/q;;+2/p-2. The first-order chi connectivity index (χ1) is 10.8. The van der Waals surface area contributed by atoms with Gasteiger partial charge in [0.15, 0.2) is 0 Å². The molecule has 2 aromatic carbocycles. The van der Waals surface area contributed by atoms with Crippen LogP contribution in [0.4, 0.5) is 0 Å². The number of hydrogen-bond donors (Lipinski definition) is 0. The zero-order valence-corrected chi connectivity index (χ0v) is 17.8. The smallest absolute Gasteiger partial charge is 0.744 e. The molecule has 0 saturated heterocycles. The molecule has 0 aliphatic heterocycles. The van der Waals surface area contributed by atoms with E-state index in [4.69, 9.17) is 23.2 Å². The normalized spacial score (nSPS) is 11.1. The van der Waals surface area contributed by atoms with Crippen LogP contribution in [0.5, 0.6) is 0 Å². The molecule has 0 radical (unpaired) electrons. The molecule has 0 aliphatic rings. The molecule has 0 amide bonds. The van der Waals surface area contributed by atoms with Gasteiger partial charge < -0.3 is 9.11 Å². The number of benzene rings is 2. The summed E-state index contributed by atoms with van der Waals surface area (Å²) in [6.07, 6.45) is 0. The molecular formula is C14H12Cl2MgO6S2. The summed E-state index contributed by atoms with van der Waals surface area (Å²) in [6.45, 7) is 3.45. The molecule has 0 fully saturated rings. The summed E-state index contributed by atoms with van der Waals surface area (Å²) < 4.78 is 62.9. The van der Waals surface area contributed by atoms with Crippen LogP contribution in [0.25, 0.3) is 0 Å². The van der Waals surface area contributed by atoms with Gasteiger partial charge >= 0.3 is 23.1 Å². The summed E-state index contributed by atoms with van der Waals surface area (Å²) in [5.41, 5.74) is 1.48. The molecule has 25 heavy (non-hydrogen) atoms. The van der Waals surface area contributed by atoms with Crippen molar-refractivity contribution in [3.05, 3.63) is 57.6 Å². The minimum Gasteiger partial charge on any atom is -0.744 e. The Bertz CT molecular complexity index is 880. The topological polar surface area (TPSA) is 114 Å². The van der Waals surface area contributed by atoms with Gasteiger partial charge in [-0.2, -0.15) is 0 Å². The maximum Gasteiger partial charge on any atom is 2.00 e. The van der Waals surface area contributed by atoms with E-state index >= 15 is 0 Å². The van der Waals surface area contributed by atoms with Crippen LogP contribution < -0.4 is 0 Å². The molecule has 0 aliphatic carbocycles. The third kappa shape index (κ3) is 7.79. The van der Waals surface area contributed by atoms with Crippen LogP contribution in [0.2, 0.25) is 10.0 Å². The second-order valence-electron chi connectivity index (χ2n) is 4.73. The number of halogens is 2. The van der Waals surface area contributed by atoms with Crippen LogP contribution in [0.1, 0.15) is 11.1 Å². The van der Waals surface area contributed by atoms with Gasteiger partial charge in [0.05, 0.1) is 9.79 Å². The van der Waals surface area contributed by atoms with E-state index in [0.717, 1.165) is 23.3 Å². The fourth-order valence-corrected chi connectivity index (χ4v) is 2.94. The van der Waals surface area contributed by atoms with E-state index < -0.39 is 20.2 Å². The maximum absolute atomic E-state index is 10.5. The van der Waals surface area contributed by atoms with Gasteiger partial charge in [0.1, 0.15) is 20.2 Å². The van der Waals surface area contributed by atoms with E-state index in [1.165, 1.54) is 24.3 Å². The van der Waals surface area contributed by atoms with Crippen LogP contribution >= 0.6 is 23.2 Å². The zero-order chi connectivity index (χ0) is 18.7. The number of rotatable bonds is 2. The molecule has 0 bridgehead atoms. The second kappa shape index (κ2) is 9.52. The number of hydrogen-bond acceptors (Lipinski definition) is 6. The van der Waals surface area contributed by atoms with Gasteiger partial charge in [0, 0.05) is 10.0 Å². The van der Waals surface area contributed by atoms with Crippen LogP contribution in [0.3, 0.4) is 0 Å². The first kappa shape index (κ1) is 24.6. The summed E-state index contributed by atoms with van der Waals surface area (Å²) in [5, 5.41) is 0.568. The van der Waals surface area contributed by atoms with Gasteiger partial charge in [-0.25, -0.2) is 16.8 Å². The van der Waals surface area contributed by atoms with Gasteiger partial charge in [-0.1, -0.05) is 35.3 Å². The summed E-state index contributed by atoms with van der Waals surface area (Å²) >= 11 is 11.2. The molecular weight excluding hydrogens is 423 g/mol. The van der Waals surface area contributed by atoms with Crippen molar-refractivity contribution < 1.29 is 25.9 Å². The molecule has 132 valence electrons. The SMILES string of the molecule is Cc1ccc(S(=O)(=O)[O-])cc1Cl.Cc1ccc(S(=O)(=O)[O-])cc1Cl.[Mg+2]. The van der Waals surface area contributed by atoms with Crippen LogP contribution in [0.15, 0.2) is 46.2 Å². The zero-order valence-electron chi connectivity index (χ0n) is 13.2. The molecule has 2 rings (SSSR count). The van der Waals surface area contributed by atoms with Crippen molar-refractivity contribution in [3.63, 3.8) is 0 Å². The molecule has 6 nitrogen and oxygen atoms in total. The molecule has 0 spiro atoms. The Morgan fingerprint density at radius 1 is 0.720 bits per heavy atom. The molecule has 2 aromatic rings. The first-order valence-electron chi connectivity index (χ1n) is 6.26. The largest absolute Gasteiger partial charge is 2.00 e. The van der Waals surface area contributed by atoms with Crippen LogP contribution in [-0.2, 0) is 20.2 Å². The first-order valence-corrected chi connectivity index (χ1v) is 9.83. The van der Waals surface area contributed by atoms with Gasteiger partial charge in [-0.3, -0.25) is 0 Å². The summed E-state index contributed by atoms with van der Waals surface area (Å²) in [6, 6.07) is 7.77. The average molecular weight is 436 g/mol. The minimum absolute atomic E-state index is 0. The van der Waals surface area contributed by atoms with E-state index in [0.29, 0.717) is 0 Å². The van der Waals surface area contributed by atoms with Gasteiger partial charge in [-0.15, -0.1) is 0 Å². The third-order valence-corrected chi connectivity index (χ3v) is 5.34. The minimum atomic E-state index is -4.38. The van der Waals surface area contributed by atoms with E-state index in [9.17, 15) is 25.9 Å². The van der Waals surface area contributed by atoms with E-state index in [-0.39, 0.29) is 42.9 Å². The summed E-state index contributed by atoms with van der Waals surface area (Å²) in [4.78, 5) is -0.587. The van der Waals surface area contributed by atoms with Crippen molar-refractivity contribution in [1.29, 1.82) is 0 Å². The molecule has 0 heterocycles. The van der Waals surface area contributed by atoms with E-state index in [1.807, 2.05) is 0 Å². The van der Waals surface area contributed by atoms with Crippen molar-refractivity contribution >= 4 is 66.5 Å². The van der Waals surface area contributed by atoms with Gasteiger partial charge in [0.25, 0.3) is 0 Å². The Labute approximate surface area is 172 Å². The number of aryl methyl sites for hydroxylation is 2. The van der Waals surface area contributed by atoms with Crippen molar-refractivity contribution in [2.75, 3.05) is 0 Å². The molecule has 11 heteroatoms. The Hall–Kier alpha value is -0.394. The van der Waals surface area contributed by atoms with E-state index in [1.54, 1.807) is 13.8 Å². The molecule has 0 atom stereocenters. The van der Waals surface area contributed by atoms with E-state index in [2.05, 4.69) is 0 Å².